The molecule has 3 heterocycles. The van der Waals surface area contributed by atoms with Crippen molar-refractivity contribution in [3.63, 3.8) is 0 Å². The Morgan fingerprint density at radius 2 is 0.729 bits per heavy atom. The summed E-state index contributed by atoms with van der Waals surface area (Å²) in [7, 11) is 5.17. The van der Waals surface area contributed by atoms with E-state index in [-0.39, 0.29) is 50.4 Å². The quantitative estimate of drug-likeness (QED) is 0.136. The Morgan fingerprint density at radius 3 is 1.06 bits per heavy atom. The predicted octanol–water partition coefficient (Wildman–Crippen LogP) is 8.81. The number of rotatable bonds is 13. The Bertz CT molecular complexity index is 2600. The molecule has 0 aliphatic carbocycles. The van der Waals surface area contributed by atoms with Gasteiger partial charge in [0.1, 0.15) is 35.5 Å². The van der Waals surface area contributed by atoms with Crippen LogP contribution in [0.15, 0.2) is 48.5 Å². The van der Waals surface area contributed by atoms with Gasteiger partial charge in [0, 0.05) is 73.9 Å². The Kier molecular flexibility index (Phi) is 24.3. The molecule has 1 unspecified atom stereocenters. The lowest BCUT2D eigenvalue weighted by atomic mass is 9.87. The Balaban J connectivity index is 1.65. The molecule has 18 nitrogen and oxygen atoms in total. The molecule has 85 heavy (non-hydrogen) atoms. The summed E-state index contributed by atoms with van der Waals surface area (Å²) in [6, 6.07) is 8.87. The minimum Gasteiger partial charge on any atom is -0.451 e. The maximum Gasteiger partial charge on any atom is 0.329 e. The summed E-state index contributed by atoms with van der Waals surface area (Å²) in [6.45, 7) is 21.0. The Labute approximate surface area is 502 Å². The second-order valence-electron chi connectivity index (χ2n) is 27.2. The fourth-order valence-corrected chi connectivity index (χ4v) is 11.1. The van der Waals surface area contributed by atoms with Crippen molar-refractivity contribution in [3.05, 3.63) is 70.8 Å². The lowest BCUT2D eigenvalue weighted by Gasteiger charge is -2.37. The van der Waals surface area contributed by atoms with Crippen LogP contribution in [0.1, 0.15) is 175 Å². The van der Waals surface area contributed by atoms with E-state index in [0.29, 0.717) is 37.6 Å². The molecule has 2 aromatic rings. The third kappa shape index (κ3) is 20.8. The number of ether oxygens (including phenoxy) is 6. The highest BCUT2D eigenvalue weighted by atomic mass is 19.1. The van der Waals surface area contributed by atoms with E-state index < -0.39 is 125 Å². The highest BCUT2D eigenvalue weighted by Crippen LogP contribution is 2.33. The molecule has 0 N–H and O–H groups in total. The van der Waals surface area contributed by atoms with Crippen LogP contribution in [-0.2, 0) is 79.6 Å². The number of carbonyl (C=O) groups excluding carboxylic acids is 8. The summed E-state index contributed by atoms with van der Waals surface area (Å²) < 4.78 is 66.7. The molecule has 4 amide bonds. The van der Waals surface area contributed by atoms with Crippen LogP contribution >= 0.6 is 0 Å². The largest absolute Gasteiger partial charge is 0.451 e. The molecular formula is C65H96F2N4O14. The summed E-state index contributed by atoms with van der Waals surface area (Å²) in [6.07, 6.45) is -5.00. The van der Waals surface area contributed by atoms with E-state index in [1.807, 2.05) is 77.9 Å². The second kappa shape index (κ2) is 29.6. The number of cyclic esters (lactones) is 4. The molecule has 0 spiro atoms. The Morgan fingerprint density at radius 1 is 0.424 bits per heavy atom. The summed E-state index contributed by atoms with van der Waals surface area (Å²) >= 11 is 0. The van der Waals surface area contributed by atoms with E-state index in [0.717, 1.165) is 56.4 Å². The van der Waals surface area contributed by atoms with Gasteiger partial charge in [-0.3, -0.25) is 19.2 Å². The third-order valence-electron chi connectivity index (χ3n) is 16.2. The SMILES string of the molecule is C[C@H]1OC(=O)C(CC(C)(C)C)N(C)C(=O)[C@@H](Cc2ccc(C3CCOCC3)cc2)OC(=O)[C@H](CC(C)(C)F)N(C)C(=O)[C@@H](C)OC(=O)[C@H](CC(C)(C)C)N(C)C(=O)[C@@H](Cc2ccc(C3CCOCC3)cc2)OC(=O)[C@H](CCC(C)(C)F)N(C)C1=O. The van der Waals surface area contributed by atoms with Gasteiger partial charge in [-0.2, -0.15) is 0 Å². The van der Waals surface area contributed by atoms with Crippen molar-refractivity contribution in [2.45, 2.75) is 225 Å². The van der Waals surface area contributed by atoms with E-state index in [1.54, 1.807) is 12.1 Å². The number of nitrogens with zero attached hydrogens (tertiary/aromatic N) is 4. The molecule has 0 radical (unpaired) electrons. The zero-order valence-corrected chi connectivity index (χ0v) is 53.3. The average Bonchev–Trinajstić information content (AvgIpc) is 3.13. The summed E-state index contributed by atoms with van der Waals surface area (Å²) in [5.41, 5.74) is -2.06. The molecule has 0 bridgehead atoms. The van der Waals surface area contributed by atoms with Crippen LogP contribution in [0, 0.1) is 10.8 Å². The molecule has 3 saturated heterocycles. The minimum absolute atomic E-state index is 0.0307. The van der Waals surface area contributed by atoms with Gasteiger partial charge in [-0.05, 0) is 138 Å². The summed E-state index contributed by atoms with van der Waals surface area (Å²) in [5.74, 6) is -7.37. The monoisotopic (exact) mass is 1190 g/mol. The first-order valence-corrected chi connectivity index (χ1v) is 30.0. The first-order valence-electron chi connectivity index (χ1n) is 30.0. The van der Waals surface area contributed by atoms with Crippen molar-refractivity contribution >= 4 is 47.5 Å². The Hall–Kier alpha value is -6.02. The summed E-state index contributed by atoms with van der Waals surface area (Å²) in [4.78, 5) is 123. The number of amides is 4. The summed E-state index contributed by atoms with van der Waals surface area (Å²) in [5, 5.41) is 0. The van der Waals surface area contributed by atoms with E-state index in [1.165, 1.54) is 69.7 Å². The van der Waals surface area contributed by atoms with Gasteiger partial charge in [0.2, 0.25) is 0 Å². The van der Waals surface area contributed by atoms with Crippen molar-refractivity contribution in [2.75, 3.05) is 54.6 Å². The van der Waals surface area contributed by atoms with Gasteiger partial charge in [0.05, 0.1) is 0 Å². The van der Waals surface area contributed by atoms with Crippen molar-refractivity contribution < 1.29 is 75.6 Å². The van der Waals surface area contributed by atoms with Gasteiger partial charge >= 0.3 is 23.9 Å². The molecule has 2 aromatic carbocycles. The maximum absolute atomic E-state index is 16.0. The van der Waals surface area contributed by atoms with Crippen LogP contribution in [0.2, 0.25) is 0 Å². The first kappa shape index (κ1) is 69.7. The molecule has 3 aliphatic heterocycles. The number of likely N-dealkylation sites (N-methyl/N-ethyl adjacent to an activating group) is 4. The molecule has 3 aliphatic rings. The van der Waals surface area contributed by atoms with Gasteiger partial charge in [-0.25, -0.2) is 28.0 Å². The smallest absolute Gasteiger partial charge is 0.329 e. The lowest BCUT2D eigenvalue weighted by molar-refractivity contribution is -0.177. The lowest BCUT2D eigenvalue weighted by Crippen LogP contribution is -2.55. The molecule has 0 aromatic heterocycles. The van der Waals surface area contributed by atoms with E-state index in [9.17, 15) is 28.8 Å². The van der Waals surface area contributed by atoms with Crippen LogP contribution in [0.4, 0.5) is 8.78 Å². The molecule has 3 fully saturated rings. The molecule has 0 saturated carbocycles. The molecule has 20 heteroatoms. The standard InChI is InChI=1S/C65H96F2N4O14/c1-40-54(72)68(13)48(25-30-64(9,10)66)58(76)84-52(35-42-17-21-44(22-18-42)46-26-31-80-32-27-46)56(74)70(15)50(38-63(6,7)8)60(78)83-41(2)55(73)69(14)51(39-65(11,12)67)61(79)85-53(57(75)71(16)49(59(77)82-40)37-62(3,4)5)36-43-19-23-45(24-20-43)47-28-33-81-34-29-47/h17-24,40-41,46-53H,25-39H2,1-16H3/t40-,41-,48+,49?,50+,51+,52-,53-/m1/s1. The number of hydrogen-bond donors (Lipinski definition) is 0. The van der Waals surface area contributed by atoms with Gasteiger partial charge in [0.25, 0.3) is 23.6 Å². The molecular weight excluding hydrogens is 1100 g/mol. The second-order valence-corrected chi connectivity index (χ2v) is 27.2. The van der Waals surface area contributed by atoms with E-state index in [4.69, 9.17) is 28.4 Å². The van der Waals surface area contributed by atoms with Crippen molar-refractivity contribution in [2.24, 2.45) is 10.8 Å². The zero-order valence-electron chi connectivity index (χ0n) is 53.3. The third-order valence-corrected chi connectivity index (χ3v) is 16.2. The van der Waals surface area contributed by atoms with Gasteiger partial charge in [0.15, 0.2) is 24.4 Å². The molecule has 5 rings (SSSR count). The zero-order chi connectivity index (χ0) is 63.5. The topological polar surface area (TPSA) is 205 Å². The molecule has 474 valence electrons. The minimum atomic E-state index is -2.11. The van der Waals surface area contributed by atoms with Crippen molar-refractivity contribution in [3.8, 4) is 0 Å². The van der Waals surface area contributed by atoms with Crippen LogP contribution in [0.5, 0.6) is 0 Å². The number of alkyl halides is 2. The van der Waals surface area contributed by atoms with Crippen LogP contribution < -0.4 is 0 Å². The first-order chi connectivity index (χ1) is 39.4. The predicted molar refractivity (Wildman–Crippen MR) is 315 cm³/mol. The van der Waals surface area contributed by atoms with E-state index >= 15 is 18.4 Å². The van der Waals surface area contributed by atoms with Gasteiger partial charge < -0.3 is 48.0 Å². The fourth-order valence-electron chi connectivity index (χ4n) is 11.1. The van der Waals surface area contributed by atoms with Gasteiger partial charge in [-0.1, -0.05) is 90.1 Å². The van der Waals surface area contributed by atoms with Crippen LogP contribution in [0.25, 0.3) is 0 Å². The highest BCUT2D eigenvalue weighted by Gasteiger charge is 2.45. The molecule has 8 atom stereocenters. The van der Waals surface area contributed by atoms with Crippen molar-refractivity contribution in [1.82, 2.24) is 19.6 Å². The maximum atomic E-state index is 16.0. The number of benzene rings is 2. The van der Waals surface area contributed by atoms with Crippen LogP contribution in [-0.4, -0.2) is 182 Å². The normalized spacial score (nSPS) is 25.8. The van der Waals surface area contributed by atoms with Crippen LogP contribution in [0.3, 0.4) is 0 Å². The van der Waals surface area contributed by atoms with E-state index in [2.05, 4.69) is 0 Å². The number of hydrogen-bond acceptors (Lipinski definition) is 14. The van der Waals surface area contributed by atoms with Crippen molar-refractivity contribution in [1.29, 1.82) is 0 Å². The number of halogens is 2. The average molecular weight is 1200 g/mol. The fraction of sp³-hybridized carbons (Fsp3) is 0.692. The number of esters is 4. The van der Waals surface area contributed by atoms with Gasteiger partial charge in [-0.15, -0.1) is 0 Å². The highest BCUT2D eigenvalue weighted by molar-refractivity contribution is 5.94. The number of carbonyl (C=O) groups is 8.